The van der Waals surface area contributed by atoms with Crippen LogP contribution in [0, 0.1) is 11.3 Å². The molecule has 0 bridgehead atoms. The van der Waals surface area contributed by atoms with Crippen LogP contribution in [0.15, 0.2) is 36.4 Å². The summed E-state index contributed by atoms with van der Waals surface area (Å²) in [5.41, 5.74) is 4.15. The summed E-state index contributed by atoms with van der Waals surface area (Å²) in [6.07, 6.45) is 3.41. The van der Waals surface area contributed by atoms with E-state index in [1.54, 1.807) is 0 Å². The molecule has 3 heteroatoms. The Morgan fingerprint density at radius 2 is 2.00 bits per heavy atom. The van der Waals surface area contributed by atoms with Crippen molar-refractivity contribution >= 4 is 11.5 Å². The van der Waals surface area contributed by atoms with Crippen molar-refractivity contribution in [3.05, 3.63) is 53.2 Å². The number of hydrogen-bond donors (Lipinski definition) is 0. The van der Waals surface area contributed by atoms with E-state index >= 15 is 0 Å². The van der Waals surface area contributed by atoms with Crippen LogP contribution in [-0.2, 0) is 12.8 Å². The third-order valence-corrected chi connectivity index (χ3v) is 3.64. The minimum Gasteiger partial charge on any atom is -0.328 e. The van der Waals surface area contributed by atoms with Gasteiger partial charge in [-0.05, 0) is 43.0 Å². The van der Waals surface area contributed by atoms with E-state index in [1.165, 1.54) is 17.7 Å². The number of anilines is 2. The van der Waals surface area contributed by atoms with Crippen LogP contribution >= 0.6 is 0 Å². The predicted octanol–water partition coefficient (Wildman–Crippen LogP) is 3.21. The standard InChI is InChI=1S/C16H15N3/c1-19(15-8-3-2-5-13(15)11-17)16-10-9-12-6-4-7-14(12)18-16/h2-3,5,8-10H,4,6-7H2,1H3. The topological polar surface area (TPSA) is 39.9 Å². The summed E-state index contributed by atoms with van der Waals surface area (Å²) in [5.74, 6) is 0.906. The van der Waals surface area contributed by atoms with Gasteiger partial charge in [-0.25, -0.2) is 4.98 Å². The summed E-state index contributed by atoms with van der Waals surface area (Å²) in [6.45, 7) is 0. The van der Waals surface area contributed by atoms with Crippen LogP contribution in [0.25, 0.3) is 0 Å². The third kappa shape index (κ3) is 2.06. The van der Waals surface area contributed by atoms with Gasteiger partial charge in [0.1, 0.15) is 11.9 Å². The van der Waals surface area contributed by atoms with Crippen molar-refractivity contribution in [3.63, 3.8) is 0 Å². The fourth-order valence-corrected chi connectivity index (χ4v) is 2.58. The molecule has 0 N–H and O–H groups in total. The van der Waals surface area contributed by atoms with Gasteiger partial charge in [-0.2, -0.15) is 5.26 Å². The first-order chi connectivity index (χ1) is 9.29. The van der Waals surface area contributed by atoms with Crippen LogP contribution in [0.4, 0.5) is 11.5 Å². The fraction of sp³-hybridized carbons (Fsp3) is 0.250. The monoisotopic (exact) mass is 249 g/mol. The second-order valence-corrected chi connectivity index (χ2v) is 4.82. The van der Waals surface area contributed by atoms with Gasteiger partial charge in [0.05, 0.1) is 11.3 Å². The second kappa shape index (κ2) is 4.74. The molecular weight excluding hydrogens is 234 g/mol. The largest absolute Gasteiger partial charge is 0.328 e. The number of para-hydroxylation sites is 1. The van der Waals surface area contributed by atoms with Gasteiger partial charge in [-0.1, -0.05) is 18.2 Å². The fourth-order valence-electron chi connectivity index (χ4n) is 2.58. The Morgan fingerprint density at radius 1 is 1.16 bits per heavy atom. The molecular formula is C16H15N3. The lowest BCUT2D eigenvalue weighted by molar-refractivity contribution is 0.898. The maximum absolute atomic E-state index is 9.17. The maximum Gasteiger partial charge on any atom is 0.133 e. The predicted molar refractivity (Wildman–Crippen MR) is 75.5 cm³/mol. The number of nitriles is 1. The van der Waals surface area contributed by atoms with Gasteiger partial charge in [0.25, 0.3) is 0 Å². The van der Waals surface area contributed by atoms with E-state index < -0.39 is 0 Å². The van der Waals surface area contributed by atoms with Crippen molar-refractivity contribution in [2.45, 2.75) is 19.3 Å². The Hall–Kier alpha value is -2.34. The molecule has 1 aromatic carbocycles. The van der Waals surface area contributed by atoms with E-state index in [0.717, 1.165) is 24.3 Å². The number of pyridine rings is 1. The van der Waals surface area contributed by atoms with Crippen LogP contribution in [0.5, 0.6) is 0 Å². The van der Waals surface area contributed by atoms with Gasteiger partial charge in [0.2, 0.25) is 0 Å². The molecule has 2 aromatic rings. The first kappa shape index (κ1) is 11.7. The quantitative estimate of drug-likeness (QED) is 0.820. The summed E-state index contributed by atoms with van der Waals surface area (Å²) in [7, 11) is 1.96. The lowest BCUT2D eigenvalue weighted by Crippen LogP contribution is -2.13. The SMILES string of the molecule is CN(c1ccc2c(n1)CCC2)c1ccccc1C#N. The number of aromatic nitrogens is 1. The van der Waals surface area contributed by atoms with Crippen LogP contribution in [0.3, 0.4) is 0 Å². The first-order valence-electron chi connectivity index (χ1n) is 6.51. The van der Waals surface area contributed by atoms with Gasteiger partial charge in [0.15, 0.2) is 0 Å². The molecule has 1 aromatic heterocycles. The Kier molecular flexibility index (Phi) is 2.92. The first-order valence-corrected chi connectivity index (χ1v) is 6.51. The van der Waals surface area contributed by atoms with Gasteiger partial charge in [-0.3, -0.25) is 0 Å². The normalized spacial score (nSPS) is 12.8. The second-order valence-electron chi connectivity index (χ2n) is 4.82. The molecule has 0 fully saturated rings. The van der Waals surface area contributed by atoms with Crippen molar-refractivity contribution in [3.8, 4) is 6.07 Å². The molecule has 3 nitrogen and oxygen atoms in total. The van der Waals surface area contributed by atoms with E-state index in [0.29, 0.717) is 5.56 Å². The number of nitrogens with zero attached hydrogens (tertiary/aromatic N) is 3. The molecule has 0 radical (unpaired) electrons. The van der Waals surface area contributed by atoms with E-state index in [9.17, 15) is 5.26 Å². The number of aryl methyl sites for hydroxylation is 2. The molecule has 3 rings (SSSR count). The third-order valence-electron chi connectivity index (χ3n) is 3.64. The molecule has 0 aliphatic heterocycles. The van der Waals surface area contributed by atoms with Crippen molar-refractivity contribution in [2.75, 3.05) is 11.9 Å². The maximum atomic E-state index is 9.17. The van der Waals surface area contributed by atoms with Crippen molar-refractivity contribution < 1.29 is 0 Å². The Balaban J connectivity index is 2.00. The number of benzene rings is 1. The highest BCUT2D eigenvalue weighted by Gasteiger charge is 2.15. The lowest BCUT2D eigenvalue weighted by atomic mass is 10.1. The van der Waals surface area contributed by atoms with Gasteiger partial charge in [0, 0.05) is 12.7 Å². The molecule has 1 heterocycles. The zero-order valence-electron chi connectivity index (χ0n) is 10.9. The summed E-state index contributed by atoms with van der Waals surface area (Å²) >= 11 is 0. The van der Waals surface area contributed by atoms with Crippen molar-refractivity contribution in [1.82, 2.24) is 4.98 Å². The van der Waals surface area contributed by atoms with Gasteiger partial charge in [-0.15, -0.1) is 0 Å². The summed E-state index contributed by atoms with van der Waals surface area (Å²) in [5, 5.41) is 9.17. The highest BCUT2D eigenvalue weighted by molar-refractivity contribution is 5.66. The minimum atomic E-state index is 0.673. The van der Waals surface area contributed by atoms with Gasteiger partial charge >= 0.3 is 0 Å². The lowest BCUT2D eigenvalue weighted by Gasteiger charge is -2.20. The molecule has 0 amide bonds. The van der Waals surface area contributed by atoms with Crippen LogP contribution < -0.4 is 4.90 Å². The van der Waals surface area contributed by atoms with Crippen molar-refractivity contribution in [2.24, 2.45) is 0 Å². The summed E-state index contributed by atoms with van der Waals surface area (Å²) in [4.78, 5) is 6.70. The van der Waals surface area contributed by atoms with Gasteiger partial charge < -0.3 is 4.90 Å². The average molecular weight is 249 g/mol. The van der Waals surface area contributed by atoms with Crippen LogP contribution in [0.2, 0.25) is 0 Å². The molecule has 0 spiro atoms. The molecule has 0 saturated carbocycles. The zero-order valence-corrected chi connectivity index (χ0v) is 10.9. The Morgan fingerprint density at radius 3 is 2.84 bits per heavy atom. The van der Waals surface area contributed by atoms with E-state index in [2.05, 4.69) is 12.1 Å². The molecule has 1 aliphatic carbocycles. The number of rotatable bonds is 2. The highest BCUT2D eigenvalue weighted by Crippen LogP contribution is 2.28. The average Bonchev–Trinajstić information content (AvgIpc) is 2.93. The molecule has 94 valence electrons. The number of hydrogen-bond acceptors (Lipinski definition) is 3. The molecule has 19 heavy (non-hydrogen) atoms. The van der Waals surface area contributed by atoms with E-state index in [1.807, 2.05) is 42.3 Å². The van der Waals surface area contributed by atoms with Crippen LogP contribution in [0.1, 0.15) is 23.2 Å². The number of fused-ring (bicyclic) bond motifs is 1. The van der Waals surface area contributed by atoms with Crippen molar-refractivity contribution in [1.29, 1.82) is 5.26 Å². The van der Waals surface area contributed by atoms with E-state index in [4.69, 9.17) is 4.98 Å². The minimum absolute atomic E-state index is 0.673. The van der Waals surface area contributed by atoms with E-state index in [-0.39, 0.29) is 0 Å². The Labute approximate surface area is 113 Å². The Bertz CT molecular complexity index is 655. The zero-order chi connectivity index (χ0) is 13.2. The highest BCUT2D eigenvalue weighted by atomic mass is 15.2. The summed E-state index contributed by atoms with van der Waals surface area (Å²) < 4.78 is 0. The smallest absolute Gasteiger partial charge is 0.133 e. The van der Waals surface area contributed by atoms with Crippen LogP contribution in [-0.4, -0.2) is 12.0 Å². The summed E-state index contributed by atoms with van der Waals surface area (Å²) in [6, 6.07) is 14.0. The molecule has 0 unspecified atom stereocenters. The molecule has 0 saturated heterocycles. The molecule has 0 atom stereocenters. The molecule has 1 aliphatic rings.